The Hall–Kier alpha value is -1.94. The lowest BCUT2D eigenvalue weighted by atomic mass is 10.00. The molecule has 0 rings (SSSR count). The van der Waals surface area contributed by atoms with Crippen molar-refractivity contribution in [1.82, 2.24) is 0 Å². The van der Waals surface area contributed by atoms with Crippen LogP contribution in [0.4, 0.5) is 0 Å². The van der Waals surface area contributed by atoms with Gasteiger partial charge in [-0.2, -0.15) is 0 Å². The Morgan fingerprint density at radius 3 is 0.905 bits per heavy atom. The zero-order chi connectivity index (χ0) is 62.4. The van der Waals surface area contributed by atoms with Gasteiger partial charge in [0.2, 0.25) is 0 Å². The minimum atomic E-state index is -4.95. The average molecular weight is 1240 g/mol. The molecule has 0 aromatic carbocycles. The monoisotopic (exact) mass is 1240 g/mol. The third kappa shape index (κ3) is 57.8. The SMILES string of the molecule is CCCCCCCCCCCCCCC(=O)OC[C@H](COP(=O)(O)OC[C@@H](O)COP(=O)(O)OC[C@@H](COC(=O)CCCCCCCCC(C)C)OC(=O)CCCCCCCCC(C)CC)OC(=O)CCCCCCCCCCCCC(C)C. The van der Waals surface area contributed by atoms with Crippen molar-refractivity contribution in [3.63, 3.8) is 0 Å². The van der Waals surface area contributed by atoms with Crippen molar-refractivity contribution < 1.29 is 80.2 Å². The molecule has 0 aliphatic rings. The third-order valence-corrected chi connectivity index (χ3v) is 17.1. The smallest absolute Gasteiger partial charge is 0.462 e. The Labute approximate surface area is 511 Å². The first kappa shape index (κ1) is 82.1. The van der Waals surface area contributed by atoms with Crippen molar-refractivity contribution in [2.75, 3.05) is 39.6 Å². The molecule has 17 nitrogen and oxygen atoms in total. The van der Waals surface area contributed by atoms with Crippen LogP contribution in [-0.2, 0) is 65.4 Å². The minimum absolute atomic E-state index is 0.102. The van der Waals surface area contributed by atoms with E-state index >= 15 is 0 Å². The van der Waals surface area contributed by atoms with Crippen LogP contribution in [0.2, 0.25) is 0 Å². The van der Waals surface area contributed by atoms with Crippen molar-refractivity contribution in [2.45, 2.75) is 336 Å². The summed E-state index contributed by atoms with van der Waals surface area (Å²) in [5.41, 5.74) is 0. The van der Waals surface area contributed by atoms with E-state index in [-0.39, 0.29) is 25.7 Å². The summed E-state index contributed by atoms with van der Waals surface area (Å²) in [6, 6.07) is 0. The van der Waals surface area contributed by atoms with E-state index in [2.05, 4.69) is 48.5 Å². The summed E-state index contributed by atoms with van der Waals surface area (Å²) in [7, 11) is -9.89. The first-order valence-electron chi connectivity index (χ1n) is 33.9. The highest BCUT2D eigenvalue weighted by Crippen LogP contribution is 2.45. The summed E-state index contributed by atoms with van der Waals surface area (Å²) in [6.45, 7) is 11.7. The molecular formula is C65H126O17P2. The van der Waals surface area contributed by atoms with E-state index in [1.54, 1.807) is 0 Å². The summed E-state index contributed by atoms with van der Waals surface area (Å²) in [5.74, 6) is 0.0141. The van der Waals surface area contributed by atoms with Gasteiger partial charge >= 0.3 is 39.5 Å². The number of carbonyl (C=O) groups excluding carboxylic acids is 4. The van der Waals surface area contributed by atoms with Crippen molar-refractivity contribution in [3.8, 4) is 0 Å². The molecular weight excluding hydrogens is 1110 g/mol. The highest BCUT2D eigenvalue weighted by molar-refractivity contribution is 7.47. The maximum absolute atomic E-state index is 13.0. The van der Waals surface area contributed by atoms with Crippen LogP contribution in [0.1, 0.15) is 318 Å². The lowest BCUT2D eigenvalue weighted by molar-refractivity contribution is -0.161. The summed E-state index contributed by atoms with van der Waals surface area (Å²) in [5, 5.41) is 10.5. The average Bonchev–Trinajstić information content (AvgIpc) is 3.49. The highest BCUT2D eigenvalue weighted by atomic mass is 31.2. The van der Waals surface area contributed by atoms with E-state index in [1.807, 2.05) is 0 Å². The number of esters is 4. The highest BCUT2D eigenvalue weighted by Gasteiger charge is 2.30. The summed E-state index contributed by atoms with van der Waals surface area (Å²) >= 11 is 0. The predicted molar refractivity (Wildman–Crippen MR) is 335 cm³/mol. The van der Waals surface area contributed by atoms with Crippen LogP contribution >= 0.6 is 15.6 Å². The molecule has 0 aliphatic carbocycles. The molecule has 0 bridgehead atoms. The molecule has 0 aromatic heterocycles. The molecule has 0 heterocycles. The standard InChI is InChI=1S/C65H126O17P2/c1-8-10-11-12-13-14-15-16-20-23-32-39-46-62(67)75-52-60(81-64(69)48-41-34-24-21-18-17-19-22-29-36-43-56(3)4)54-79-83(71,72)77-50-59(66)51-78-84(73,74)80-55-61(53-76-63(68)47-40-33-27-25-30-37-44-57(5)6)82-65(70)49-42-35-28-26-31-38-45-58(7)9-2/h56-61,66H,8-55H2,1-7H3,(H,71,72)(H,73,74)/t58?,59-,60-,61-/m1/s1. The maximum Gasteiger partial charge on any atom is 0.472 e. The van der Waals surface area contributed by atoms with Crippen LogP contribution in [0.3, 0.4) is 0 Å². The number of hydrogen-bond donors (Lipinski definition) is 3. The Bertz CT molecular complexity index is 1670. The number of hydrogen-bond acceptors (Lipinski definition) is 15. The molecule has 0 aliphatic heterocycles. The predicted octanol–water partition coefficient (Wildman–Crippen LogP) is 17.9. The number of ether oxygens (including phenoxy) is 4. The van der Waals surface area contributed by atoms with Gasteiger partial charge in [-0.3, -0.25) is 37.3 Å². The zero-order valence-electron chi connectivity index (χ0n) is 54.4. The largest absolute Gasteiger partial charge is 0.472 e. The molecule has 6 atom stereocenters. The molecule has 0 radical (unpaired) electrons. The van der Waals surface area contributed by atoms with Crippen molar-refractivity contribution in [1.29, 1.82) is 0 Å². The van der Waals surface area contributed by atoms with E-state index in [4.69, 9.17) is 37.0 Å². The van der Waals surface area contributed by atoms with E-state index < -0.39 is 97.5 Å². The van der Waals surface area contributed by atoms with Gasteiger partial charge in [0.05, 0.1) is 26.4 Å². The van der Waals surface area contributed by atoms with Gasteiger partial charge in [-0.1, -0.05) is 267 Å². The Kier molecular flexibility index (Phi) is 55.0. The summed E-state index contributed by atoms with van der Waals surface area (Å²) < 4.78 is 68.0. The second-order valence-corrected chi connectivity index (χ2v) is 27.6. The third-order valence-electron chi connectivity index (χ3n) is 15.2. The first-order chi connectivity index (χ1) is 40.3. The van der Waals surface area contributed by atoms with Gasteiger partial charge < -0.3 is 33.8 Å². The number of aliphatic hydroxyl groups is 1. The van der Waals surface area contributed by atoms with Gasteiger partial charge in [0.25, 0.3) is 0 Å². The molecule has 3 N–H and O–H groups in total. The van der Waals surface area contributed by atoms with Gasteiger partial charge in [0.15, 0.2) is 12.2 Å². The molecule has 84 heavy (non-hydrogen) atoms. The van der Waals surface area contributed by atoms with Gasteiger partial charge in [0, 0.05) is 25.7 Å². The molecule has 0 saturated heterocycles. The van der Waals surface area contributed by atoms with Gasteiger partial charge in [0.1, 0.15) is 19.3 Å². The molecule has 0 fully saturated rings. The minimum Gasteiger partial charge on any atom is -0.462 e. The Balaban J connectivity index is 5.25. The van der Waals surface area contributed by atoms with Gasteiger partial charge in [-0.15, -0.1) is 0 Å². The van der Waals surface area contributed by atoms with Crippen LogP contribution in [0.5, 0.6) is 0 Å². The topological polar surface area (TPSA) is 237 Å². The number of carbonyl (C=O) groups is 4. The fourth-order valence-corrected chi connectivity index (χ4v) is 11.2. The fraction of sp³-hybridized carbons (Fsp3) is 0.938. The van der Waals surface area contributed by atoms with E-state index in [9.17, 15) is 43.2 Å². The quantitative estimate of drug-likeness (QED) is 0.0222. The first-order valence-corrected chi connectivity index (χ1v) is 36.9. The Morgan fingerprint density at radius 1 is 0.345 bits per heavy atom. The van der Waals surface area contributed by atoms with E-state index in [0.29, 0.717) is 31.6 Å². The molecule has 19 heteroatoms. The normalized spacial score (nSPS) is 14.7. The van der Waals surface area contributed by atoms with Crippen LogP contribution in [0.25, 0.3) is 0 Å². The Morgan fingerprint density at radius 2 is 0.607 bits per heavy atom. The van der Waals surface area contributed by atoms with Gasteiger partial charge in [-0.05, 0) is 43.4 Å². The molecule has 0 spiro atoms. The molecule has 498 valence electrons. The van der Waals surface area contributed by atoms with Crippen LogP contribution < -0.4 is 0 Å². The summed E-state index contributed by atoms with van der Waals surface area (Å²) in [6.07, 6.45) is 37.7. The summed E-state index contributed by atoms with van der Waals surface area (Å²) in [4.78, 5) is 72.2. The zero-order valence-corrected chi connectivity index (χ0v) is 56.1. The maximum atomic E-state index is 13.0. The van der Waals surface area contributed by atoms with Crippen LogP contribution in [-0.4, -0.2) is 96.7 Å². The van der Waals surface area contributed by atoms with Crippen LogP contribution in [0, 0.1) is 17.8 Å². The number of phosphoric acid groups is 2. The van der Waals surface area contributed by atoms with Crippen LogP contribution in [0.15, 0.2) is 0 Å². The second-order valence-electron chi connectivity index (χ2n) is 24.7. The molecule has 0 aromatic rings. The number of rotatable bonds is 63. The van der Waals surface area contributed by atoms with E-state index in [0.717, 1.165) is 108 Å². The lowest BCUT2D eigenvalue weighted by Gasteiger charge is -2.21. The van der Waals surface area contributed by atoms with Crippen molar-refractivity contribution in [3.05, 3.63) is 0 Å². The van der Waals surface area contributed by atoms with Crippen molar-refractivity contribution in [2.24, 2.45) is 17.8 Å². The lowest BCUT2D eigenvalue weighted by Crippen LogP contribution is -2.30. The number of unbranched alkanes of at least 4 members (excludes halogenated alkanes) is 30. The van der Waals surface area contributed by atoms with Gasteiger partial charge in [-0.25, -0.2) is 9.13 Å². The number of aliphatic hydroxyl groups excluding tert-OH is 1. The molecule has 0 amide bonds. The fourth-order valence-electron chi connectivity index (χ4n) is 9.62. The van der Waals surface area contributed by atoms with Crippen molar-refractivity contribution >= 4 is 39.5 Å². The van der Waals surface area contributed by atoms with E-state index in [1.165, 1.54) is 122 Å². The molecule has 3 unspecified atom stereocenters. The number of phosphoric ester groups is 2. The molecule has 0 saturated carbocycles. The second kappa shape index (κ2) is 56.3.